The topological polar surface area (TPSA) is 56.7 Å². The van der Waals surface area contributed by atoms with Crippen LogP contribution >= 0.6 is 0 Å². The number of benzene rings is 9. The maximum absolute atomic E-state index is 9.79. The first-order valence-electron chi connectivity index (χ1n) is 24.3. The number of hydrogen-bond donors (Lipinski definition) is 0. The van der Waals surface area contributed by atoms with Crippen molar-refractivity contribution in [2.24, 2.45) is 0 Å². The Morgan fingerprint density at radius 2 is 1.04 bits per heavy atom. The highest BCUT2D eigenvalue weighted by Gasteiger charge is 2.24. The van der Waals surface area contributed by atoms with Gasteiger partial charge in [0.2, 0.25) is 0 Å². The van der Waals surface area contributed by atoms with Crippen LogP contribution in [-0.4, -0.2) is 19.5 Å². The lowest BCUT2D eigenvalue weighted by Crippen LogP contribution is -2.00. The molecule has 260 valence electrons. The smallest absolute Gasteiger partial charge is 0.164 e. The van der Waals surface area contributed by atoms with Gasteiger partial charge in [0.05, 0.1) is 28.9 Å². The molecule has 0 aliphatic rings. The van der Waals surface area contributed by atoms with Crippen LogP contribution in [0, 0.1) is 0 Å². The third-order valence-electron chi connectivity index (χ3n) is 10.3. The Morgan fingerprint density at radius 3 is 1.79 bits per heavy atom. The normalized spacial score (nSPS) is 15.2. The van der Waals surface area contributed by atoms with Crippen LogP contribution in [0.15, 0.2) is 186 Å². The van der Waals surface area contributed by atoms with E-state index in [9.17, 15) is 6.85 Å². The molecule has 56 heavy (non-hydrogen) atoms. The zero-order chi connectivity index (χ0) is 48.1. The molecule has 9 aromatic carbocycles. The molecule has 5 heteroatoms. The van der Waals surface area contributed by atoms with Crippen molar-refractivity contribution in [3.8, 4) is 51.0 Å². The van der Waals surface area contributed by atoms with Crippen molar-refractivity contribution in [1.29, 1.82) is 0 Å². The zero-order valence-electron chi connectivity index (χ0n) is 42.0. The number of para-hydroxylation sites is 1. The molecule has 0 amide bonds. The van der Waals surface area contributed by atoms with E-state index in [0.29, 0.717) is 56.1 Å². The van der Waals surface area contributed by atoms with Gasteiger partial charge in [-0.05, 0) is 69.7 Å². The fourth-order valence-corrected chi connectivity index (χ4v) is 7.93. The highest BCUT2D eigenvalue weighted by Crippen LogP contribution is 2.48. The van der Waals surface area contributed by atoms with Crippen molar-refractivity contribution in [3.63, 3.8) is 0 Å². The van der Waals surface area contributed by atoms with Gasteiger partial charge >= 0.3 is 0 Å². The Balaban J connectivity index is 1.20. The van der Waals surface area contributed by atoms with E-state index < -0.39 is 78.2 Å². The van der Waals surface area contributed by atoms with Crippen molar-refractivity contribution in [3.05, 3.63) is 182 Å². The molecule has 3 aromatic heterocycles. The maximum Gasteiger partial charge on any atom is 0.164 e. The molecule has 0 bridgehead atoms. The van der Waals surface area contributed by atoms with Gasteiger partial charge in [-0.3, -0.25) is 0 Å². The fourth-order valence-electron chi connectivity index (χ4n) is 7.93. The van der Waals surface area contributed by atoms with Crippen LogP contribution in [-0.2, 0) is 0 Å². The van der Waals surface area contributed by atoms with E-state index in [1.807, 2.05) is 78.9 Å². The first kappa shape index (κ1) is 20.7. The highest BCUT2D eigenvalue weighted by molar-refractivity contribution is 6.37. The van der Waals surface area contributed by atoms with Crippen molar-refractivity contribution in [2.45, 2.75) is 0 Å². The van der Waals surface area contributed by atoms with Gasteiger partial charge in [-0.25, -0.2) is 15.0 Å². The average molecular weight is 728 g/mol. The van der Waals surface area contributed by atoms with Gasteiger partial charge in [0, 0.05) is 49.3 Å². The number of furan rings is 1. The van der Waals surface area contributed by atoms with Gasteiger partial charge in [0.15, 0.2) is 17.5 Å². The van der Waals surface area contributed by atoms with Crippen LogP contribution in [0.1, 0.15) is 17.8 Å². The minimum absolute atomic E-state index is 0.0235. The minimum Gasteiger partial charge on any atom is -0.456 e. The summed E-state index contributed by atoms with van der Waals surface area (Å²) in [7, 11) is 0. The molecule has 12 rings (SSSR count). The monoisotopic (exact) mass is 727 g/mol. The van der Waals surface area contributed by atoms with Crippen LogP contribution in [0.25, 0.3) is 116 Å². The number of rotatable bonds is 5. The van der Waals surface area contributed by atoms with E-state index >= 15 is 0 Å². The van der Waals surface area contributed by atoms with Crippen molar-refractivity contribution >= 4 is 65.3 Å². The first-order valence-corrected chi connectivity index (χ1v) is 17.8. The summed E-state index contributed by atoms with van der Waals surface area (Å²) in [5.41, 5.74) is 3.36. The summed E-state index contributed by atoms with van der Waals surface area (Å²) >= 11 is 0. The zero-order valence-corrected chi connectivity index (χ0v) is 29.0. The molecule has 12 aromatic rings. The number of hydrogen-bond acceptors (Lipinski definition) is 4. The van der Waals surface area contributed by atoms with Crippen LogP contribution in [0.4, 0.5) is 0 Å². The Morgan fingerprint density at radius 1 is 0.411 bits per heavy atom. The number of aromatic nitrogens is 4. The van der Waals surface area contributed by atoms with Crippen molar-refractivity contribution < 1.29 is 22.2 Å². The lowest BCUT2D eigenvalue weighted by atomic mass is 9.88. The Labute approximate surface area is 339 Å². The predicted molar refractivity (Wildman–Crippen MR) is 229 cm³/mol. The van der Waals surface area contributed by atoms with Gasteiger partial charge in [0.1, 0.15) is 11.2 Å². The molecule has 0 radical (unpaired) electrons. The van der Waals surface area contributed by atoms with E-state index in [2.05, 4.69) is 0 Å². The lowest BCUT2D eigenvalue weighted by molar-refractivity contribution is 0.669. The Bertz CT molecular complexity index is 4150. The van der Waals surface area contributed by atoms with Gasteiger partial charge < -0.3 is 8.98 Å². The summed E-state index contributed by atoms with van der Waals surface area (Å²) in [5, 5.41) is 1.44. The molecule has 0 fully saturated rings. The van der Waals surface area contributed by atoms with E-state index in [1.54, 1.807) is 18.2 Å². The van der Waals surface area contributed by atoms with Gasteiger partial charge in [-0.2, -0.15) is 0 Å². The molecular weight excluding hydrogens is 685 g/mol. The number of fused-ring (bicyclic) bond motifs is 6. The molecule has 5 nitrogen and oxygen atoms in total. The SMILES string of the molecule is [2H]c1c([2H])c([2H])c(-n2c3c([2H])cc(-c4cccc5oc6cc(-c7nc(-c8ccccc8)nc(-c8ccccc8)n7)ccc6c45)c4c5c([2H])c([2H])c([2H])c([2H])c5c5c([2H])c([2H])c([2H])c2c5c43)c([2H])c1[2H]. The molecule has 0 spiro atoms. The second-order valence-electron chi connectivity index (χ2n) is 13.4. The maximum atomic E-state index is 9.79. The third-order valence-corrected chi connectivity index (χ3v) is 10.3. The Hall–Kier alpha value is -7.63. The minimum atomic E-state index is -0.678. The molecule has 0 atom stereocenters. The first-order chi connectivity index (χ1) is 33.2. The van der Waals surface area contributed by atoms with E-state index in [-0.39, 0.29) is 49.4 Å². The van der Waals surface area contributed by atoms with Crippen LogP contribution in [0.2, 0.25) is 0 Å². The summed E-state index contributed by atoms with van der Waals surface area (Å²) in [6, 6.07) is 24.2. The molecule has 0 saturated carbocycles. The molecule has 0 saturated heterocycles. The predicted octanol–water partition coefficient (Wildman–Crippen LogP) is 13.3. The number of nitrogens with zero attached hydrogens (tertiary/aromatic N) is 4. The Kier molecular flexibility index (Phi) is 4.42. The molecule has 0 unspecified atom stereocenters. The lowest BCUT2D eigenvalue weighted by Gasteiger charge is -2.14. The van der Waals surface area contributed by atoms with Crippen LogP contribution in [0.5, 0.6) is 0 Å². The molecule has 0 N–H and O–H groups in total. The largest absolute Gasteiger partial charge is 0.456 e. The highest BCUT2D eigenvalue weighted by atomic mass is 16.3. The summed E-state index contributed by atoms with van der Waals surface area (Å²) in [5.74, 6) is 1.35. The standard InChI is InChI=1S/C51H30N4O/c1-4-14-31(15-5-1)49-52-50(32-16-6-2-7-17-32)54-51(53-49)33-26-27-40-44(30-33)56-43-25-13-23-38(45(40)43)39-28-29-42-48-46(39)36-21-11-10-20-35(36)37-22-12-24-41(47(37)48)55(42)34-18-8-3-9-19-34/h1-30H/i3D,8D,9D,10D,11D,12D,18D,19D,20D,21D,22D,24D,29D. The van der Waals surface area contributed by atoms with E-state index in [1.165, 1.54) is 10.6 Å². The van der Waals surface area contributed by atoms with Crippen molar-refractivity contribution in [2.75, 3.05) is 0 Å². The van der Waals surface area contributed by atoms with Crippen LogP contribution in [0.3, 0.4) is 0 Å². The second kappa shape index (κ2) is 11.9. The third kappa shape index (κ3) is 4.52. The summed E-state index contributed by atoms with van der Waals surface area (Å²) in [6.45, 7) is 0. The van der Waals surface area contributed by atoms with Crippen molar-refractivity contribution in [1.82, 2.24) is 19.5 Å². The molecule has 0 aliphatic heterocycles. The van der Waals surface area contributed by atoms with Gasteiger partial charge in [0.25, 0.3) is 0 Å². The molecule has 3 heterocycles. The summed E-state index contributed by atoms with van der Waals surface area (Å²) in [6.07, 6.45) is 0. The summed E-state index contributed by atoms with van der Waals surface area (Å²) in [4.78, 5) is 14.6. The molecule has 0 aliphatic carbocycles. The van der Waals surface area contributed by atoms with E-state index in [0.717, 1.165) is 11.1 Å². The average Bonchev–Trinajstić information content (AvgIpc) is 3.93. The van der Waals surface area contributed by atoms with E-state index in [4.69, 9.17) is 30.3 Å². The van der Waals surface area contributed by atoms with Gasteiger partial charge in [-0.1, -0.05) is 139 Å². The quantitative estimate of drug-likeness (QED) is 0.166. The molecular formula is C51H30N4O. The second-order valence-corrected chi connectivity index (χ2v) is 13.4. The van der Waals surface area contributed by atoms with Crippen LogP contribution < -0.4 is 0 Å². The summed E-state index contributed by atoms with van der Waals surface area (Å²) < 4.78 is 125. The fraction of sp³-hybridized carbons (Fsp3) is 0. The van der Waals surface area contributed by atoms with Gasteiger partial charge in [-0.15, -0.1) is 0 Å².